The van der Waals surface area contributed by atoms with Gasteiger partial charge >= 0.3 is 0 Å². The van der Waals surface area contributed by atoms with E-state index >= 15 is 0 Å². The van der Waals surface area contributed by atoms with Crippen LogP contribution < -0.4 is 14.2 Å². The normalized spacial score (nSPS) is 13.2. The highest BCUT2D eigenvalue weighted by Crippen LogP contribution is 2.38. The second-order valence-electron chi connectivity index (χ2n) is 8.59. The van der Waals surface area contributed by atoms with Crippen LogP contribution in [0.2, 0.25) is 0 Å². The van der Waals surface area contributed by atoms with Crippen LogP contribution in [-0.2, 0) is 14.8 Å². The van der Waals surface area contributed by atoms with E-state index in [1.807, 2.05) is 6.92 Å². The van der Waals surface area contributed by atoms with Crippen LogP contribution >= 0.6 is 0 Å². The molecular weight excluding hydrogens is 528 g/mol. The highest BCUT2D eigenvalue weighted by atomic mass is 32.2. The van der Waals surface area contributed by atoms with Crippen LogP contribution in [-0.4, -0.2) is 70.9 Å². The van der Waals surface area contributed by atoms with Gasteiger partial charge in [0.25, 0.3) is 0 Å². The molecule has 0 saturated heterocycles. The smallest absolute Gasteiger partial charge is 0.243 e. The molecule has 0 aliphatic rings. The van der Waals surface area contributed by atoms with Gasteiger partial charge in [-0.25, -0.2) is 18.4 Å². The maximum Gasteiger partial charge on any atom is 0.243 e. The van der Waals surface area contributed by atoms with Gasteiger partial charge in [-0.3, -0.25) is 9.29 Å². The standard InChI is InChI=1S/C25H30N6O7S/c1-15-13-26-23(27-14-15)22(37-12-11-32)17(3)39(33,34)30-25-29-28-24(20-10-9-16(2)38-20)31(25)21-18(35-4)7-6-8-19(21)36-5/h6-10,13-14,17,22,32H,11-12H2,1-5H3,(H,29,30)/t17-,22+/m0/s1. The largest absolute Gasteiger partial charge is 0.494 e. The number of sulfonamides is 1. The molecule has 14 heteroatoms. The zero-order valence-electron chi connectivity index (χ0n) is 22.2. The minimum atomic E-state index is -4.21. The van der Waals surface area contributed by atoms with E-state index in [4.69, 9.17) is 18.6 Å². The van der Waals surface area contributed by atoms with E-state index in [2.05, 4.69) is 24.9 Å². The second kappa shape index (κ2) is 11.8. The number of furan rings is 1. The summed E-state index contributed by atoms with van der Waals surface area (Å²) in [4.78, 5) is 8.48. The fraction of sp³-hybridized carbons (Fsp3) is 0.360. The van der Waals surface area contributed by atoms with Gasteiger partial charge in [0.1, 0.15) is 34.3 Å². The van der Waals surface area contributed by atoms with Crippen LogP contribution in [0, 0.1) is 13.8 Å². The number of rotatable bonds is 12. The molecule has 0 aliphatic carbocycles. The predicted molar refractivity (Wildman–Crippen MR) is 141 cm³/mol. The molecule has 2 atom stereocenters. The molecule has 0 fully saturated rings. The van der Waals surface area contributed by atoms with Crippen molar-refractivity contribution < 1.29 is 32.2 Å². The van der Waals surface area contributed by atoms with Gasteiger partial charge in [0, 0.05) is 12.4 Å². The van der Waals surface area contributed by atoms with Crippen molar-refractivity contribution in [3.05, 3.63) is 59.9 Å². The van der Waals surface area contributed by atoms with Gasteiger partial charge in [-0.15, -0.1) is 10.2 Å². The summed E-state index contributed by atoms with van der Waals surface area (Å²) >= 11 is 0. The zero-order valence-corrected chi connectivity index (χ0v) is 23.0. The van der Waals surface area contributed by atoms with Crippen molar-refractivity contribution in [1.82, 2.24) is 24.7 Å². The van der Waals surface area contributed by atoms with Gasteiger partial charge in [-0.2, -0.15) is 0 Å². The van der Waals surface area contributed by atoms with E-state index in [0.717, 1.165) is 5.56 Å². The van der Waals surface area contributed by atoms with Crippen molar-refractivity contribution >= 4 is 16.0 Å². The Morgan fingerprint density at radius 2 is 1.72 bits per heavy atom. The molecule has 0 spiro atoms. The first-order chi connectivity index (χ1) is 18.7. The number of aromatic nitrogens is 5. The molecule has 208 valence electrons. The number of aliphatic hydroxyl groups excluding tert-OH is 1. The molecule has 4 aromatic rings. The van der Waals surface area contributed by atoms with Crippen LogP contribution in [0.1, 0.15) is 30.2 Å². The predicted octanol–water partition coefficient (Wildman–Crippen LogP) is 2.83. The summed E-state index contributed by atoms with van der Waals surface area (Å²) in [5.41, 5.74) is 1.16. The first kappa shape index (κ1) is 28.0. The average Bonchev–Trinajstić information content (AvgIpc) is 3.54. The Morgan fingerprint density at radius 1 is 1.05 bits per heavy atom. The third-order valence-electron chi connectivity index (χ3n) is 5.84. The fourth-order valence-electron chi connectivity index (χ4n) is 3.86. The number of nitrogens with one attached hydrogen (secondary N) is 1. The van der Waals surface area contributed by atoms with Gasteiger partial charge < -0.3 is 23.7 Å². The fourth-order valence-corrected chi connectivity index (χ4v) is 4.96. The Kier molecular flexibility index (Phi) is 8.47. The molecule has 4 rings (SSSR count). The molecule has 2 N–H and O–H groups in total. The summed E-state index contributed by atoms with van der Waals surface area (Å²) in [5, 5.41) is 16.5. The summed E-state index contributed by atoms with van der Waals surface area (Å²) in [6.07, 6.45) is 2.04. The molecule has 0 bridgehead atoms. The molecule has 13 nitrogen and oxygen atoms in total. The van der Waals surface area contributed by atoms with E-state index in [1.54, 1.807) is 49.6 Å². The third kappa shape index (κ3) is 5.87. The number of nitrogens with zero attached hydrogens (tertiary/aromatic N) is 5. The van der Waals surface area contributed by atoms with Crippen molar-refractivity contribution in [2.45, 2.75) is 32.1 Å². The maximum absolute atomic E-state index is 13.7. The molecular formula is C25H30N6O7S. The van der Waals surface area contributed by atoms with Crippen molar-refractivity contribution in [1.29, 1.82) is 0 Å². The number of aliphatic hydroxyl groups is 1. The molecule has 1 aromatic carbocycles. The number of benzene rings is 1. The number of hydrogen-bond acceptors (Lipinski definition) is 11. The summed E-state index contributed by atoms with van der Waals surface area (Å²) < 4.78 is 54.0. The summed E-state index contributed by atoms with van der Waals surface area (Å²) in [6.45, 7) is 4.62. The van der Waals surface area contributed by atoms with Gasteiger partial charge in [0.2, 0.25) is 21.8 Å². The van der Waals surface area contributed by atoms with E-state index in [9.17, 15) is 13.5 Å². The third-order valence-corrected chi connectivity index (χ3v) is 7.54. The van der Waals surface area contributed by atoms with Gasteiger partial charge in [-0.1, -0.05) is 6.07 Å². The Bertz CT molecular complexity index is 1500. The molecule has 0 aliphatic heterocycles. The average molecular weight is 559 g/mol. The highest BCUT2D eigenvalue weighted by Gasteiger charge is 2.35. The van der Waals surface area contributed by atoms with Crippen LogP contribution in [0.3, 0.4) is 0 Å². The first-order valence-corrected chi connectivity index (χ1v) is 13.5. The van der Waals surface area contributed by atoms with E-state index in [0.29, 0.717) is 28.7 Å². The lowest BCUT2D eigenvalue weighted by Gasteiger charge is -2.24. The molecule has 0 saturated carbocycles. The first-order valence-electron chi connectivity index (χ1n) is 12.0. The molecule has 0 amide bonds. The van der Waals surface area contributed by atoms with E-state index in [-0.39, 0.29) is 30.8 Å². The number of hydrogen-bond donors (Lipinski definition) is 2. The Morgan fingerprint density at radius 3 is 2.28 bits per heavy atom. The minimum absolute atomic E-state index is 0.113. The molecule has 3 aromatic heterocycles. The SMILES string of the molecule is COc1cccc(OC)c1-n1c(NS(=O)(=O)[C@@H](C)[C@@H](OCCO)c2ncc(C)cn2)nnc1-c1ccc(C)o1. The number of anilines is 1. The zero-order chi connectivity index (χ0) is 28.2. The van der Waals surface area contributed by atoms with Crippen LogP contribution in [0.15, 0.2) is 47.1 Å². The van der Waals surface area contributed by atoms with Crippen molar-refractivity contribution in [2.75, 3.05) is 32.2 Å². The highest BCUT2D eigenvalue weighted by molar-refractivity contribution is 7.93. The lowest BCUT2D eigenvalue weighted by atomic mass is 10.2. The number of methoxy groups -OCH3 is 2. The van der Waals surface area contributed by atoms with Gasteiger partial charge in [-0.05, 0) is 50.6 Å². The van der Waals surface area contributed by atoms with E-state index in [1.165, 1.54) is 25.7 Å². The van der Waals surface area contributed by atoms with Crippen molar-refractivity contribution in [3.8, 4) is 28.8 Å². The van der Waals surface area contributed by atoms with Crippen LogP contribution in [0.5, 0.6) is 11.5 Å². The van der Waals surface area contributed by atoms with Crippen LogP contribution in [0.4, 0.5) is 5.95 Å². The number of aryl methyl sites for hydroxylation is 2. The lowest BCUT2D eigenvalue weighted by Crippen LogP contribution is -2.34. The van der Waals surface area contributed by atoms with E-state index < -0.39 is 21.4 Å². The summed E-state index contributed by atoms with van der Waals surface area (Å²) in [6, 6.07) is 8.59. The second-order valence-corrected chi connectivity index (χ2v) is 10.6. The lowest BCUT2D eigenvalue weighted by molar-refractivity contribution is 0.0227. The minimum Gasteiger partial charge on any atom is -0.494 e. The van der Waals surface area contributed by atoms with Gasteiger partial charge in [0.05, 0.1) is 27.4 Å². The van der Waals surface area contributed by atoms with Crippen molar-refractivity contribution in [3.63, 3.8) is 0 Å². The molecule has 0 radical (unpaired) electrons. The number of para-hydroxylation sites is 1. The van der Waals surface area contributed by atoms with Crippen LogP contribution in [0.25, 0.3) is 17.3 Å². The Labute approximate surface area is 225 Å². The summed E-state index contributed by atoms with van der Waals surface area (Å²) in [7, 11) is -1.24. The Hall–Kier alpha value is -4.01. The Balaban J connectivity index is 1.81. The summed E-state index contributed by atoms with van der Waals surface area (Å²) in [5.74, 6) is 1.97. The maximum atomic E-state index is 13.7. The monoisotopic (exact) mass is 558 g/mol. The quantitative estimate of drug-likeness (QED) is 0.263. The topological polar surface area (TPSA) is 164 Å². The van der Waals surface area contributed by atoms with Crippen molar-refractivity contribution in [2.24, 2.45) is 0 Å². The van der Waals surface area contributed by atoms with Gasteiger partial charge in [0.15, 0.2) is 11.6 Å². The molecule has 3 heterocycles. The number of ether oxygens (including phenoxy) is 3. The molecule has 0 unspecified atom stereocenters. The molecule has 39 heavy (non-hydrogen) atoms.